The van der Waals surface area contributed by atoms with E-state index in [4.69, 9.17) is 0 Å². The van der Waals surface area contributed by atoms with Crippen LogP contribution in [0, 0.1) is 0 Å². The summed E-state index contributed by atoms with van der Waals surface area (Å²) in [6.45, 7) is 5.01. The average Bonchev–Trinajstić information content (AvgIpc) is 2.11. The summed E-state index contributed by atoms with van der Waals surface area (Å²) in [6, 6.07) is -0.474. The number of nitrogens with one attached hydrogen (secondary N) is 1. The minimum absolute atomic E-state index is 0.433. The number of rotatable bonds is 2. The second-order valence-electron chi connectivity index (χ2n) is 2.05. The second kappa shape index (κ2) is 5.12. The molecule has 0 aliphatic rings. The van der Waals surface area contributed by atoms with Crippen LogP contribution in [0.3, 0.4) is 0 Å². The molecule has 4 heteroatoms. The molecular formula is C8H12N2O2. The molecule has 0 saturated carbocycles. The molecule has 0 unspecified atom stereocenters. The molecule has 0 aliphatic carbocycles. The van der Waals surface area contributed by atoms with E-state index in [1.807, 2.05) is 0 Å². The van der Waals surface area contributed by atoms with Crippen LogP contribution in [-0.2, 0) is 4.79 Å². The van der Waals surface area contributed by atoms with Crippen LogP contribution >= 0.6 is 0 Å². The third kappa shape index (κ3) is 3.01. The Morgan fingerprint density at radius 3 is 2.50 bits per heavy atom. The standard InChI is InChI=1S/C8H12N2O2/c1-4-6-9-8(12)10(3)7(11)5-2/h4-6H,2H2,1,3H3,(H,9,12)/b6-4-. The van der Waals surface area contributed by atoms with Gasteiger partial charge < -0.3 is 5.32 Å². The van der Waals surface area contributed by atoms with Gasteiger partial charge in [0.05, 0.1) is 0 Å². The van der Waals surface area contributed by atoms with Gasteiger partial charge in [-0.05, 0) is 13.0 Å². The van der Waals surface area contributed by atoms with Crippen molar-refractivity contribution in [3.05, 3.63) is 24.9 Å². The molecule has 0 bridgehead atoms. The Morgan fingerprint density at radius 2 is 2.08 bits per heavy atom. The summed E-state index contributed by atoms with van der Waals surface area (Å²) in [7, 11) is 1.38. The number of allylic oxidation sites excluding steroid dienone is 1. The summed E-state index contributed by atoms with van der Waals surface area (Å²) in [5, 5.41) is 2.39. The zero-order valence-corrected chi connectivity index (χ0v) is 7.20. The van der Waals surface area contributed by atoms with Crippen molar-refractivity contribution in [3.8, 4) is 0 Å². The predicted molar refractivity (Wildman–Crippen MR) is 46.3 cm³/mol. The number of amides is 3. The molecule has 4 nitrogen and oxygen atoms in total. The SMILES string of the molecule is C=CC(=O)N(C)C(=O)N/C=C\C. The van der Waals surface area contributed by atoms with E-state index in [2.05, 4.69) is 11.9 Å². The largest absolute Gasteiger partial charge is 0.328 e. The van der Waals surface area contributed by atoms with E-state index in [-0.39, 0.29) is 0 Å². The van der Waals surface area contributed by atoms with Crippen molar-refractivity contribution < 1.29 is 9.59 Å². The molecule has 0 aromatic heterocycles. The van der Waals surface area contributed by atoms with Crippen LogP contribution in [0.5, 0.6) is 0 Å². The molecule has 0 spiro atoms. The number of nitrogens with zero attached hydrogens (tertiary/aromatic N) is 1. The molecule has 0 aromatic carbocycles. The Morgan fingerprint density at radius 1 is 1.50 bits per heavy atom. The Bertz CT molecular complexity index is 221. The first-order valence-corrected chi connectivity index (χ1v) is 3.45. The molecule has 0 aliphatic heterocycles. The molecule has 1 N–H and O–H groups in total. The number of hydrogen-bond donors (Lipinski definition) is 1. The first-order chi connectivity index (χ1) is 5.63. The molecule has 0 rings (SSSR count). The van der Waals surface area contributed by atoms with Crippen molar-refractivity contribution in [2.24, 2.45) is 0 Å². The van der Waals surface area contributed by atoms with E-state index in [9.17, 15) is 9.59 Å². The number of carbonyl (C=O) groups is 2. The Kier molecular flexibility index (Phi) is 4.45. The lowest BCUT2D eigenvalue weighted by Crippen LogP contribution is -2.37. The molecule has 0 fully saturated rings. The van der Waals surface area contributed by atoms with Gasteiger partial charge in [0.1, 0.15) is 0 Å². The zero-order valence-electron chi connectivity index (χ0n) is 7.20. The highest BCUT2D eigenvalue weighted by molar-refractivity contribution is 5.99. The van der Waals surface area contributed by atoms with Crippen molar-refractivity contribution in [1.29, 1.82) is 0 Å². The minimum atomic E-state index is -0.474. The highest BCUT2D eigenvalue weighted by Crippen LogP contribution is 1.86. The number of likely N-dealkylation sites (N-methyl/N-ethyl adjacent to an activating group) is 1. The highest BCUT2D eigenvalue weighted by atomic mass is 16.2. The van der Waals surface area contributed by atoms with Gasteiger partial charge in [0.2, 0.25) is 0 Å². The topological polar surface area (TPSA) is 49.4 Å². The van der Waals surface area contributed by atoms with Crippen LogP contribution in [0.4, 0.5) is 4.79 Å². The summed E-state index contributed by atoms with van der Waals surface area (Å²) in [4.78, 5) is 22.8. The lowest BCUT2D eigenvalue weighted by atomic mass is 10.5. The molecule has 12 heavy (non-hydrogen) atoms. The molecule has 0 atom stereocenters. The number of imide groups is 1. The van der Waals surface area contributed by atoms with Gasteiger partial charge in [-0.3, -0.25) is 9.69 Å². The molecule has 0 saturated heterocycles. The Balaban J connectivity index is 4.09. The Hall–Kier alpha value is -1.58. The number of urea groups is 1. The maximum absolute atomic E-state index is 11.0. The quantitative estimate of drug-likeness (QED) is 0.622. The van der Waals surface area contributed by atoms with Gasteiger partial charge in [-0.1, -0.05) is 12.7 Å². The van der Waals surface area contributed by atoms with E-state index in [0.717, 1.165) is 11.0 Å². The number of carbonyl (C=O) groups excluding carboxylic acids is 2. The van der Waals surface area contributed by atoms with E-state index in [0.29, 0.717) is 0 Å². The second-order valence-corrected chi connectivity index (χ2v) is 2.05. The first-order valence-electron chi connectivity index (χ1n) is 3.45. The van der Waals surface area contributed by atoms with Gasteiger partial charge in [0.15, 0.2) is 0 Å². The average molecular weight is 168 g/mol. The van der Waals surface area contributed by atoms with Gasteiger partial charge in [0.25, 0.3) is 5.91 Å². The van der Waals surface area contributed by atoms with Crippen molar-refractivity contribution in [2.45, 2.75) is 6.92 Å². The molecular weight excluding hydrogens is 156 g/mol. The third-order valence-electron chi connectivity index (χ3n) is 1.18. The van der Waals surface area contributed by atoms with Crippen LogP contribution in [0.2, 0.25) is 0 Å². The van der Waals surface area contributed by atoms with Crippen LogP contribution in [-0.4, -0.2) is 23.9 Å². The minimum Gasteiger partial charge on any atom is -0.314 e. The molecule has 0 heterocycles. The predicted octanol–water partition coefficient (Wildman–Crippen LogP) is 0.874. The highest BCUT2D eigenvalue weighted by Gasteiger charge is 2.11. The molecule has 0 aromatic rings. The third-order valence-corrected chi connectivity index (χ3v) is 1.18. The van der Waals surface area contributed by atoms with E-state index in [1.165, 1.54) is 13.2 Å². The lowest BCUT2D eigenvalue weighted by molar-refractivity contribution is -0.122. The van der Waals surface area contributed by atoms with Gasteiger partial charge in [0, 0.05) is 13.2 Å². The smallest absolute Gasteiger partial charge is 0.314 e. The van der Waals surface area contributed by atoms with Crippen molar-refractivity contribution in [2.75, 3.05) is 7.05 Å². The zero-order chi connectivity index (χ0) is 9.56. The van der Waals surface area contributed by atoms with E-state index >= 15 is 0 Å². The molecule has 3 amide bonds. The van der Waals surface area contributed by atoms with Crippen LogP contribution < -0.4 is 5.32 Å². The summed E-state index contributed by atoms with van der Waals surface area (Å²) < 4.78 is 0. The maximum Gasteiger partial charge on any atom is 0.328 e. The van der Waals surface area contributed by atoms with Gasteiger partial charge in [-0.15, -0.1) is 0 Å². The van der Waals surface area contributed by atoms with Gasteiger partial charge in [-0.25, -0.2) is 4.79 Å². The fourth-order valence-electron chi connectivity index (χ4n) is 0.488. The summed E-state index contributed by atoms with van der Waals surface area (Å²) in [5.41, 5.74) is 0. The molecule has 0 radical (unpaired) electrons. The van der Waals surface area contributed by atoms with Crippen LogP contribution in [0.1, 0.15) is 6.92 Å². The summed E-state index contributed by atoms with van der Waals surface area (Å²) >= 11 is 0. The Labute approximate surface area is 71.5 Å². The normalized spacial score (nSPS) is 9.50. The lowest BCUT2D eigenvalue weighted by Gasteiger charge is -2.11. The van der Waals surface area contributed by atoms with E-state index in [1.54, 1.807) is 13.0 Å². The molecule has 66 valence electrons. The van der Waals surface area contributed by atoms with Crippen LogP contribution in [0.25, 0.3) is 0 Å². The fourth-order valence-corrected chi connectivity index (χ4v) is 0.488. The first kappa shape index (κ1) is 10.4. The fraction of sp³-hybridized carbons (Fsp3) is 0.250. The monoisotopic (exact) mass is 168 g/mol. The number of hydrogen-bond acceptors (Lipinski definition) is 2. The summed E-state index contributed by atoms with van der Waals surface area (Å²) in [5.74, 6) is -0.433. The van der Waals surface area contributed by atoms with Crippen molar-refractivity contribution >= 4 is 11.9 Å². The van der Waals surface area contributed by atoms with E-state index < -0.39 is 11.9 Å². The van der Waals surface area contributed by atoms with Crippen LogP contribution in [0.15, 0.2) is 24.9 Å². The van der Waals surface area contributed by atoms with Crippen molar-refractivity contribution in [1.82, 2.24) is 10.2 Å². The van der Waals surface area contributed by atoms with Crippen molar-refractivity contribution in [3.63, 3.8) is 0 Å². The maximum atomic E-state index is 11.0. The van der Waals surface area contributed by atoms with Gasteiger partial charge in [-0.2, -0.15) is 0 Å². The summed E-state index contributed by atoms with van der Waals surface area (Å²) in [6.07, 6.45) is 4.19. The van der Waals surface area contributed by atoms with Gasteiger partial charge >= 0.3 is 6.03 Å².